The fourth-order valence-electron chi connectivity index (χ4n) is 3.06. The van der Waals surface area contributed by atoms with Crippen LogP contribution < -0.4 is 0 Å². The fraction of sp³-hybridized carbons (Fsp3) is 0.857. The number of thioether (sulfide) groups is 1. The van der Waals surface area contributed by atoms with Gasteiger partial charge in [0.05, 0.1) is 24.1 Å². The summed E-state index contributed by atoms with van der Waals surface area (Å²) in [5, 5.41) is 9.46. The second kappa shape index (κ2) is 5.35. The lowest BCUT2D eigenvalue weighted by molar-refractivity contribution is -0.141. The highest BCUT2D eigenvalue weighted by atomic mass is 32.2. The van der Waals surface area contributed by atoms with Crippen LogP contribution in [0.25, 0.3) is 0 Å². The standard InChI is InChI=1S/C14H22N2O4S/c1-14(2)8-20-6-5-15(14)13(19)16-10(12(17)18)7-21-11(16)9-3-4-9/h9-11H,3-8H2,1-2H3,(H,17,18). The van der Waals surface area contributed by atoms with Crippen LogP contribution in [-0.4, -0.2) is 69.4 Å². The molecule has 2 atom stereocenters. The zero-order chi connectivity index (χ0) is 15.2. The van der Waals surface area contributed by atoms with E-state index >= 15 is 0 Å². The monoisotopic (exact) mass is 314 g/mol. The Labute approximate surface area is 128 Å². The minimum Gasteiger partial charge on any atom is -0.480 e. The molecule has 3 rings (SSSR count). The molecule has 118 valence electrons. The summed E-state index contributed by atoms with van der Waals surface area (Å²) in [6, 6.07) is -0.843. The topological polar surface area (TPSA) is 70.1 Å². The summed E-state index contributed by atoms with van der Waals surface area (Å²) < 4.78 is 5.45. The van der Waals surface area contributed by atoms with Crippen LogP contribution in [0.2, 0.25) is 0 Å². The van der Waals surface area contributed by atoms with Crippen LogP contribution in [0.5, 0.6) is 0 Å². The van der Waals surface area contributed by atoms with Crippen molar-refractivity contribution in [2.24, 2.45) is 5.92 Å². The van der Waals surface area contributed by atoms with Crippen molar-refractivity contribution in [2.45, 2.75) is 43.6 Å². The number of carboxylic acids is 1. The molecule has 0 aromatic rings. The molecule has 2 aliphatic heterocycles. The zero-order valence-corrected chi connectivity index (χ0v) is 13.3. The molecule has 7 heteroatoms. The molecule has 21 heavy (non-hydrogen) atoms. The molecule has 2 saturated heterocycles. The van der Waals surface area contributed by atoms with Gasteiger partial charge < -0.3 is 14.7 Å². The Morgan fingerprint density at radius 1 is 1.33 bits per heavy atom. The van der Waals surface area contributed by atoms with E-state index in [0.717, 1.165) is 12.8 Å². The molecule has 1 N–H and O–H groups in total. The molecule has 1 aliphatic carbocycles. The number of amides is 2. The highest BCUT2D eigenvalue weighted by molar-refractivity contribution is 8.00. The third kappa shape index (κ3) is 2.73. The van der Waals surface area contributed by atoms with Crippen LogP contribution in [0.4, 0.5) is 4.79 Å². The minimum absolute atomic E-state index is 0.0252. The number of morpholine rings is 1. The number of ether oxygens (including phenoxy) is 1. The van der Waals surface area contributed by atoms with Crippen molar-refractivity contribution in [1.29, 1.82) is 0 Å². The molecule has 2 heterocycles. The van der Waals surface area contributed by atoms with Gasteiger partial charge in [-0.25, -0.2) is 9.59 Å². The Kier molecular flexibility index (Phi) is 3.81. The van der Waals surface area contributed by atoms with E-state index in [2.05, 4.69) is 0 Å². The van der Waals surface area contributed by atoms with Gasteiger partial charge in [-0.1, -0.05) is 0 Å². The van der Waals surface area contributed by atoms with Gasteiger partial charge in [-0.05, 0) is 32.6 Å². The highest BCUT2D eigenvalue weighted by Crippen LogP contribution is 2.46. The SMILES string of the molecule is CC1(C)COCCN1C(=O)N1C(C(=O)O)CSC1C1CC1. The number of carboxylic acid groups (broad SMARTS) is 1. The van der Waals surface area contributed by atoms with Crippen molar-refractivity contribution in [3.05, 3.63) is 0 Å². The van der Waals surface area contributed by atoms with Gasteiger partial charge in [0.15, 0.2) is 0 Å². The van der Waals surface area contributed by atoms with Gasteiger partial charge in [0.25, 0.3) is 0 Å². The van der Waals surface area contributed by atoms with E-state index in [9.17, 15) is 14.7 Å². The number of aliphatic carboxylic acids is 1. The number of rotatable bonds is 2. The quantitative estimate of drug-likeness (QED) is 0.835. The minimum atomic E-state index is -0.898. The lowest BCUT2D eigenvalue weighted by Crippen LogP contribution is -2.61. The van der Waals surface area contributed by atoms with E-state index < -0.39 is 12.0 Å². The van der Waals surface area contributed by atoms with Gasteiger partial charge in [-0.2, -0.15) is 0 Å². The maximum atomic E-state index is 13.0. The van der Waals surface area contributed by atoms with E-state index in [1.807, 2.05) is 13.8 Å². The molecule has 0 bridgehead atoms. The molecule has 3 fully saturated rings. The predicted octanol–water partition coefficient (Wildman–Crippen LogP) is 1.46. The second-order valence-corrected chi connectivity index (χ2v) is 7.77. The molecule has 2 amide bonds. The van der Waals surface area contributed by atoms with Crippen LogP contribution in [0, 0.1) is 5.92 Å². The van der Waals surface area contributed by atoms with Crippen molar-refractivity contribution in [3.8, 4) is 0 Å². The molecule has 6 nitrogen and oxygen atoms in total. The summed E-state index contributed by atoms with van der Waals surface area (Å²) >= 11 is 1.62. The van der Waals surface area contributed by atoms with E-state index in [1.165, 1.54) is 0 Å². The van der Waals surface area contributed by atoms with Crippen molar-refractivity contribution in [3.63, 3.8) is 0 Å². The fourth-order valence-corrected chi connectivity index (χ4v) is 4.68. The van der Waals surface area contributed by atoms with E-state index in [-0.39, 0.29) is 16.9 Å². The van der Waals surface area contributed by atoms with Gasteiger partial charge in [0, 0.05) is 12.3 Å². The maximum absolute atomic E-state index is 13.0. The number of hydrogen-bond acceptors (Lipinski definition) is 4. The Balaban J connectivity index is 1.83. The van der Waals surface area contributed by atoms with Gasteiger partial charge >= 0.3 is 12.0 Å². The average molecular weight is 314 g/mol. The molecule has 1 saturated carbocycles. The molecule has 0 radical (unpaired) electrons. The summed E-state index contributed by atoms with van der Waals surface area (Å²) in [5.74, 6) is 0.0602. The van der Waals surface area contributed by atoms with Crippen LogP contribution in [0.1, 0.15) is 26.7 Å². The van der Waals surface area contributed by atoms with E-state index in [0.29, 0.717) is 31.4 Å². The van der Waals surface area contributed by atoms with Crippen molar-refractivity contribution in [2.75, 3.05) is 25.5 Å². The van der Waals surface area contributed by atoms with Crippen LogP contribution in [-0.2, 0) is 9.53 Å². The van der Waals surface area contributed by atoms with Gasteiger partial charge in [-0.15, -0.1) is 11.8 Å². The second-order valence-electron chi connectivity index (χ2n) is 6.62. The Morgan fingerprint density at radius 2 is 2.05 bits per heavy atom. The van der Waals surface area contributed by atoms with E-state index in [1.54, 1.807) is 21.6 Å². The normalized spacial score (nSPS) is 32.3. The summed E-state index contributed by atoms with van der Waals surface area (Å²) in [4.78, 5) is 27.9. The van der Waals surface area contributed by atoms with Crippen LogP contribution in [0.15, 0.2) is 0 Å². The number of carbonyl (C=O) groups is 2. The zero-order valence-electron chi connectivity index (χ0n) is 12.4. The first kappa shape index (κ1) is 15.0. The first-order chi connectivity index (χ1) is 9.92. The van der Waals surface area contributed by atoms with Gasteiger partial charge in [0.1, 0.15) is 6.04 Å². The lowest BCUT2D eigenvalue weighted by Gasteiger charge is -2.45. The highest BCUT2D eigenvalue weighted by Gasteiger charge is 2.50. The van der Waals surface area contributed by atoms with Crippen LogP contribution in [0.3, 0.4) is 0 Å². The van der Waals surface area contributed by atoms with Gasteiger partial charge in [0.2, 0.25) is 0 Å². The van der Waals surface area contributed by atoms with Gasteiger partial charge in [-0.3, -0.25) is 4.90 Å². The Hall–Kier alpha value is -0.950. The molecule has 0 spiro atoms. The Bertz CT molecular complexity index is 452. The number of nitrogens with zero attached hydrogens (tertiary/aromatic N) is 2. The summed E-state index contributed by atoms with van der Waals surface area (Å²) in [5.41, 5.74) is -0.389. The maximum Gasteiger partial charge on any atom is 0.327 e. The third-order valence-electron chi connectivity index (χ3n) is 4.44. The number of carbonyl (C=O) groups excluding carboxylic acids is 1. The molecule has 3 aliphatic rings. The molecular weight excluding hydrogens is 292 g/mol. The Morgan fingerprint density at radius 3 is 2.62 bits per heavy atom. The van der Waals surface area contributed by atoms with Crippen molar-refractivity contribution < 1.29 is 19.4 Å². The summed E-state index contributed by atoms with van der Waals surface area (Å²) in [7, 11) is 0. The van der Waals surface area contributed by atoms with E-state index in [4.69, 9.17) is 4.74 Å². The first-order valence-corrected chi connectivity index (χ1v) is 8.49. The summed E-state index contributed by atoms with van der Waals surface area (Å²) in [6.07, 6.45) is 2.20. The number of hydrogen-bond donors (Lipinski definition) is 1. The molecular formula is C14H22N2O4S. The average Bonchev–Trinajstić information content (AvgIpc) is 3.15. The molecule has 0 aromatic heterocycles. The molecule has 2 unspecified atom stereocenters. The summed E-state index contributed by atoms with van der Waals surface area (Å²) in [6.45, 7) is 5.47. The smallest absolute Gasteiger partial charge is 0.327 e. The first-order valence-electron chi connectivity index (χ1n) is 7.44. The predicted molar refractivity (Wildman–Crippen MR) is 79.2 cm³/mol. The largest absolute Gasteiger partial charge is 0.480 e. The third-order valence-corrected chi connectivity index (χ3v) is 5.90. The lowest BCUT2D eigenvalue weighted by atomic mass is 10.0. The van der Waals surface area contributed by atoms with Crippen LogP contribution >= 0.6 is 11.8 Å². The van der Waals surface area contributed by atoms with Crippen molar-refractivity contribution >= 4 is 23.8 Å². The molecule has 0 aromatic carbocycles. The number of urea groups is 1. The van der Waals surface area contributed by atoms with Crippen molar-refractivity contribution in [1.82, 2.24) is 9.80 Å².